The van der Waals surface area contributed by atoms with Gasteiger partial charge in [-0.3, -0.25) is 4.79 Å². The molecule has 0 unspecified atom stereocenters. The molecule has 1 saturated heterocycles. The third-order valence-electron chi connectivity index (χ3n) is 5.17. The number of carbonyl (C=O) groups is 2. The first-order valence-electron chi connectivity index (χ1n) is 10.5. The molecular weight excluding hydrogens is 406 g/mol. The first-order chi connectivity index (χ1) is 14.0. The molecule has 1 aromatic heterocycles. The summed E-state index contributed by atoms with van der Waals surface area (Å²) in [4.78, 5) is 34.9. The Morgan fingerprint density at radius 2 is 2.00 bits per heavy atom. The zero-order chi connectivity index (χ0) is 22.5. The number of likely N-dealkylation sites (tertiary alicyclic amines) is 1. The minimum Gasteiger partial charge on any atom is -0.444 e. The van der Waals surface area contributed by atoms with Crippen molar-refractivity contribution in [1.82, 2.24) is 20.2 Å². The van der Waals surface area contributed by atoms with E-state index in [4.69, 9.17) is 22.1 Å². The van der Waals surface area contributed by atoms with Gasteiger partial charge in [0.15, 0.2) is 0 Å². The fraction of sp³-hybridized carbons (Fsp3) is 0.714. The lowest BCUT2D eigenvalue weighted by Crippen LogP contribution is -2.48. The van der Waals surface area contributed by atoms with Crippen molar-refractivity contribution < 1.29 is 14.3 Å². The Morgan fingerprint density at radius 3 is 2.63 bits per heavy atom. The van der Waals surface area contributed by atoms with Gasteiger partial charge in [-0.25, -0.2) is 14.8 Å². The Kier molecular flexibility index (Phi) is 8.29. The predicted molar refractivity (Wildman–Crippen MR) is 117 cm³/mol. The summed E-state index contributed by atoms with van der Waals surface area (Å²) in [5.74, 6) is 1.40. The van der Waals surface area contributed by atoms with Crippen LogP contribution >= 0.6 is 11.6 Å². The number of carbonyl (C=O) groups excluding carboxylic acids is 2. The highest BCUT2D eigenvalue weighted by Crippen LogP contribution is 2.27. The van der Waals surface area contributed by atoms with Crippen LogP contribution in [0.3, 0.4) is 0 Å². The molecule has 1 aromatic rings. The van der Waals surface area contributed by atoms with Crippen molar-refractivity contribution in [3.8, 4) is 0 Å². The highest BCUT2D eigenvalue weighted by molar-refractivity contribution is 6.30. The number of rotatable bonds is 5. The zero-order valence-electron chi connectivity index (χ0n) is 18.6. The van der Waals surface area contributed by atoms with E-state index in [1.165, 1.54) is 0 Å². The molecule has 1 fully saturated rings. The van der Waals surface area contributed by atoms with Gasteiger partial charge in [0.2, 0.25) is 5.91 Å². The third kappa shape index (κ3) is 7.31. The Labute approximate surface area is 183 Å². The number of alkyl carbamates (subject to hydrolysis) is 1. The second-order valence-electron chi connectivity index (χ2n) is 8.95. The smallest absolute Gasteiger partial charge is 0.408 e. The van der Waals surface area contributed by atoms with Gasteiger partial charge in [-0.15, -0.1) is 0 Å². The molecule has 0 bridgehead atoms. The van der Waals surface area contributed by atoms with Crippen molar-refractivity contribution in [1.29, 1.82) is 0 Å². The number of nitrogens with two attached hydrogens (primary N) is 1. The van der Waals surface area contributed by atoms with Gasteiger partial charge >= 0.3 is 6.09 Å². The maximum Gasteiger partial charge on any atom is 0.408 e. The number of nitrogens with one attached hydrogen (secondary N) is 1. The normalized spacial score (nSPS) is 18.5. The van der Waals surface area contributed by atoms with E-state index in [9.17, 15) is 9.59 Å². The van der Waals surface area contributed by atoms with Gasteiger partial charge in [0.1, 0.15) is 28.4 Å². The van der Waals surface area contributed by atoms with Crippen molar-refractivity contribution in [2.45, 2.75) is 78.4 Å². The van der Waals surface area contributed by atoms with Gasteiger partial charge in [-0.2, -0.15) is 0 Å². The molecule has 2 amide bonds. The molecule has 0 aromatic carbocycles. The molecular formula is C21H34ClN5O3. The Bertz CT molecular complexity index is 742. The summed E-state index contributed by atoms with van der Waals surface area (Å²) in [6, 6.07) is -0.625. The predicted octanol–water partition coefficient (Wildman–Crippen LogP) is 3.50. The molecule has 2 rings (SSSR count). The zero-order valence-corrected chi connectivity index (χ0v) is 19.4. The van der Waals surface area contributed by atoms with Crippen molar-refractivity contribution in [2.75, 3.05) is 18.8 Å². The second-order valence-corrected chi connectivity index (χ2v) is 9.31. The molecule has 0 saturated carbocycles. The fourth-order valence-electron chi connectivity index (χ4n) is 3.66. The Morgan fingerprint density at radius 1 is 1.30 bits per heavy atom. The third-order valence-corrected chi connectivity index (χ3v) is 5.48. The summed E-state index contributed by atoms with van der Waals surface area (Å²) in [6.45, 7) is 10.2. The van der Waals surface area contributed by atoms with E-state index in [2.05, 4.69) is 15.3 Å². The van der Waals surface area contributed by atoms with E-state index in [1.807, 2.05) is 4.90 Å². The summed E-state index contributed by atoms with van der Waals surface area (Å²) >= 11 is 6.24. The lowest BCUT2D eigenvalue weighted by atomic mass is 9.93. The highest BCUT2D eigenvalue weighted by atomic mass is 35.5. The van der Waals surface area contributed by atoms with Crippen LogP contribution in [0.2, 0.25) is 5.15 Å². The van der Waals surface area contributed by atoms with Gasteiger partial charge in [0.05, 0.1) is 0 Å². The van der Waals surface area contributed by atoms with E-state index in [0.29, 0.717) is 35.8 Å². The molecule has 3 N–H and O–H groups in total. The number of nitrogen functional groups attached to an aromatic ring is 1. The van der Waals surface area contributed by atoms with Crippen LogP contribution in [-0.4, -0.2) is 51.6 Å². The molecule has 1 aliphatic rings. The van der Waals surface area contributed by atoms with Gasteiger partial charge in [-0.05, 0) is 72.6 Å². The standard InChI is InChI=1S/C21H34ClN5O3/c1-13(24-20(29)30-21(3,4)5)19(28)27-11-6-7-15(10-12-27)8-9-16-17(22)25-14(2)26-18(16)23/h13,15H,6-12H2,1-5H3,(H,24,29)(H2,23,25,26)/t13-,15-/m0/s1. The number of nitrogens with zero attached hydrogens (tertiary/aromatic N) is 3. The number of halogens is 1. The van der Waals surface area contributed by atoms with Crippen LogP contribution in [0.15, 0.2) is 0 Å². The summed E-state index contributed by atoms with van der Waals surface area (Å²) in [6.07, 6.45) is 3.91. The topological polar surface area (TPSA) is 110 Å². The van der Waals surface area contributed by atoms with Gasteiger partial charge < -0.3 is 20.7 Å². The van der Waals surface area contributed by atoms with E-state index in [1.54, 1.807) is 34.6 Å². The number of hydrogen-bond donors (Lipinski definition) is 2. The van der Waals surface area contributed by atoms with E-state index in [-0.39, 0.29) is 5.91 Å². The van der Waals surface area contributed by atoms with E-state index >= 15 is 0 Å². The van der Waals surface area contributed by atoms with Gasteiger partial charge in [0, 0.05) is 18.7 Å². The van der Waals surface area contributed by atoms with Crippen LogP contribution in [0.25, 0.3) is 0 Å². The Hall–Kier alpha value is -2.09. The summed E-state index contributed by atoms with van der Waals surface area (Å²) in [7, 11) is 0. The molecule has 2 heterocycles. The van der Waals surface area contributed by atoms with Crippen LogP contribution in [0, 0.1) is 12.8 Å². The largest absolute Gasteiger partial charge is 0.444 e. The van der Waals surface area contributed by atoms with Crippen LogP contribution in [-0.2, 0) is 16.0 Å². The Balaban J connectivity index is 1.85. The van der Waals surface area contributed by atoms with Crippen LogP contribution < -0.4 is 11.1 Å². The first-order valence-corrected chi connectivity index (χ1v) is 10.9. The van der Waals surface area contributed by atoms with Crippen molar-refractivity contribution in [3.05, 3.63) is 16.5 Å². The summed E-state index contributed by atoms with van der Waals surface area (Å²) in [5.41, 5.74) is 6.21. The number of amides is 2. The molecule has 30 heavy (non-hydrogen) atoms. The molecule has 0 radical (unpaired) electrons. The molecule has 2 atom stereocenters. The van der Waals surface area contributed by atoms with Gasteiger partial charge in [0.25, 0.3) is 0 Å². The lowest BCUT2D eigenvalue weighted by Gasteiger charge is -2.26. The molecule has 0 aliphatic carbocycles. The minimum absolute atomic E-state index is 0.0827. The average Bonchev–Trinajstić information content (AvgIpc) is 2.84. The lowest BCUT2D eigenvalue weighted by molar-refractivity contribution is -0.133. The molecule has 1 aliphatic heterocycles. The maximum atomic E-state index is 12.8. The number of aryl methyl sites for hydroxylation is 1. The van der Waals surface area contributed by atoms with E-state index in [0.717, 1.165) is 37.7 Å². The fourth-order valence-corrected chi connectivity index (χ4v) is 3.97. The summed E-state index contributed by atoms with van der Waals surface area (Å²) in [5, 5.41) is 3.06. The van der Waals surface area contributed by atoms with Gasteiger partial charge in [-0.1, -0.05) is 11.6 Å². The van der Waals surface area contributed by atoms with Crippen molar-refractivity contribution in [2.24, 2.45) is 5.92 Å². The number of ether oxygens (including phenoxy) is 1. The van der Waals surface area contributed by atoms with Crippen LogP contribution in [0.4, 0.5) is 10.6 Å². The van der Waals surface area contributed by atoms with Crippen molar-refractivity contribution >= 4 is 29.4 Å². The minimum atomic E-state index is -0.625. The SMILES string of the molecule is Cc1nc(N)c(CC[C@@H]2CCCN(C(=O)[C@H](C)NC(=O)OC(C)(C)C)CC2)c(Cl)n1. The molecule has 0 spiro atoms. The monoisotopic (exact) mass is 439 g/mol. The van der Waals surface area contributed by atoms with Crippen LogP contribution in [0.1, 0.15) is 64.8 Å². The molecule has 8 nitrogen and oxygen atoms in total. The highest BCUT2D eigenvalue weighted by Gasteiger charge is 2.27. The maximum absolute atomic E-state index is 12.8. The first kappa shape index (κ1) is 24.2. The molecule has 9 heteroatoms. The average molecular weight is 440 g/mol. The number of anilines is 1. The van der Waals surface area contributed by atoms with E-state index < -0.39 is 17.7 Å². The molecule has 168 valence electrons. The quantitative estimate of drug-likeness (QED) is 0.679. The number of aromatic nitrogens is 2. The van der Waals surface area contributed by atoms with Crippen LogP contribution in [0.5, 0.6) is 0 Å². The number of hydrogen-bond acceptors (Lipinski definition) is 6. The second kappa shape index (κ2) is 10.3. The van der Waals surface area contributed by atoms with Crippen molar-refractivity contribution in [3.63, 3.8) is 0 Å². The summed E-state index contributed by atoms with van der Waals surface area (Å²) < 4.78 is 5.24.